The molecule has 3 nitrogen and oxygen atoms in total. The number of nitrogens with zero attached hydrogens (tertiary/aromatic N) is 1. The highest BCUT2D eigenvalue weighted by molar-refractivity contribution is 5.63. The van der Waals surface area contributed by atoms with Gasteiger partial charge in [-0.05, 0) is 13.3 Å². The topological polar surface area (TPSA) is 32.3 Å². The summed E-state index contributed by atoms with van der Waals surface area (Å²) in [5.41, 5.74) is 2.75. The number of hydrogen-bond acceptors (Lipinski definition) is 3. The maximum atomic E-state index is 10.4. The molecule has 0 radical (unpaired) electrons. The fourth-order valence-electron chi connectivity index (χ4n) is 1.03. The van der Waals surface area contributed by atoms with Crippen LogP contribution in [0.4, 0.5) is 0 Å². The Bertz CT molecular complexity index is 126. The third-order valence-corrected chi connectivity index (χ3v) is 1.67. The molecule has 0 aromatic rings. The van der Waals surface area contributed by atoms with Crippen LogP contribution in [0.5, 0.6) is 0 Å². The second-order valence-electron chi connectivity index (χ2n) is 2.82. The van der Waals surface area contributed by atoms with E-state index >= 15 is 0 Å². The Morgan fingerprint density at radius 2 is 2.44 bits per heavy atom. The number of aldehydes is 1. The first-order valence-electron chi connectivity index (χ1n) is 3.11. The van der Waals surface area contributed by atoms with Crippen LogP contribution in [0, 0.1) is 0 Å². The molecule has 1 fully saturated rings. The van der Waals surface area contributed by atoms with E-state index in [1.807, 2.05) is 19.0 Å². The summed E-state index contributed by atoms with van der Waals surface area (Å²) < 4.78 is 0. The zero-order chi connectivity index (χ0) is 6.91. The Morgan fingerprint density at radius 1 is 1.78 bits per heavy atom. The Labute approximate surface area is 55.0 Å². The third kappa shape index (κ3) is 1.28. The van der Waals surface area contributed by atoms with Gasteiger partial charge in [0.15, 0.2) is 0 Å². The van der Waals surface area contributed by atoms with Crippen molar-refractivity contribution < 1.29 is 4.79 Å². The highest BCUT2D eigenvalue weighted by Crippen LogP contribution is 2.12. The van der Waals surface area contributed by atoms with Gasteiger partial charge in [-0.1, -0.05) is 0 Å². The molecule has 1 aliphatic heterocycles. The van der Waals surface area contributed by atoms with Gasteiger partial charge in [-0.2, -0.15) is 0 Å². The summed E-state index contributed by atoms with van der Waals surface area (Å²) in [4.78, 5) is 10.4. The summed E-state index contributed by atoms with van der Waals surface area (Å²) in [5, 5.41) is 1.94. The molecule has 0 aromatic carbocycles. The lowest BCUT2D eigenvalue weighted by Crippen LogP contribution is -2.42. The van der Waals surface area contributed by atoms with Crippen molar-refractivity contribution in [2.24, 2.45) is 0 Å². The summed E-state index contributed by atoms with van der Waals surface area (Å²) in [6.45, 7) is 2.86. The molecule has 1 aliphatic rings. The summed E-state index contributed by atoms with van der Waals surface area (Å²) in [7, 11) is 1.94. The average Bonchev–Trinajstić information content (AvgIpc) is 2.13. The lowest BCUT2D eigenvalue weighted by Gasteiger charge is -2.16. The van der Waals surface area contributed by atoms with Gasteiger partial charge in [0.25, 0.3) is 0 Å². The van der Waals surface area contributed by atoms with Crippen molar-refractivity contribution in [3.63, 3.8) is 0 Å². The van der Waals surface area contributed by atoms with Gasteiger partial charge in [-0.3, -0.25) is 0 Å². The lowest BCUT2D eigenvalue weighted by atomic mass is 10.0. The molecule has 1 saturated heterocycles. The monoisotopic (exact) mass is 128 g/mol. The van der Waals surface area contributed by atoms with Crippen LogP contribution in [0.25, 0.3) is 0 Å². The largest absolute Gasteiger partial charge is 0.301 e. The van der Waals surface area contributed by atoms with E-state index in [1.165, 1.54) is 0 Å². The van der Waals surface area contributed by atoms with Crippen LogP contribution < -0.4 is 5.43 Å². The minimum absolute atomic E-state index is 0.297. The highest BCUT2D eigenvalue weighted by Gasteiger charge is 2.30. The first-order chi connectivity index (χ1) is 4.16. The van der Waals surface area contributed by atoms with Gasteiger partial charge in [0.2, 0.25) is 0 Å². The van der Waals surface area contributed by atoms with E-state index in [2.05, 4.69) is 5.43 Å². The van der Waals surface area contributed by atoms with Gasteiger partial charge in [0.1, 0.15) is 6.29 Å². The zero-order valence-electron chi connectivity index (χ0n) is 5.85. The van der Waals surface area contributed by atoms with Gasteiger partial charge in [-0.25, -0.2) is 10.4 Å². The predicted octanol–water partition coefficient (Wildman–Crippen LogP) is -0.216. The fraction of sp³-hybridized carbons (Fsp3) is 0.833. The van der Waals surface area contributed by atoms with E-state index in [0.717, 1.165) is 19.3 Å². The molecule has 0 spiro atoms. The minimum Gasteiger partial charge on any atom is -0.301 e. The van der Waals surface area contributed by atoms with Crippen LogP contribution in [0.15, 0.2) is 0 Å². The molecule has 1 N–H and O–H groups in total. The van der Waals surface area contributed by atoms with Gasteiger partial charge in [-0.15, -0.1) is 0 Å². The molecule has 1 rings (SSSR count). The van der Waals surface area contributed by atoms with Gasteiger partial charge in [0, 0.05) is 13.6 Å². The molecule has 0 bridgehead atoms. The number of carbonyl (C=O) groups is 1. The summed E-state index contributed by atoms with van der Waals surface area (Å²) in [6, 6.07) is 0. The molecule has 0 aromatic heterocycles. The van der Waals surface area contributed by atoms with E-state index in [0.29, 0.717) is 0 Å². The second-order valence-corrected chi connectivity index (χ2v) is 2.82. The number of rotatable bonds is 1. The van der Waals surface area contributed by atoms with Crippen molar-refractivity contribution in [1.29, 1.82) is 0 Å². The van der Waals surface area contributed by atoms with Crippen LogP contribution in [-0.4, -0.2) is 30.4 Å². The summed E-state index contributed by atoms with van der Waals surface area (Å²) in [5.74, 6) is 0. The number of nitrogens with one attached hydrogen (secondary N) is 1. The number of carbonyl (C=O) groups excluding carboxylic acids is 1. The maximum Gasteiger partial charge on any atom is 0.141 e. The molecule has 0 saturated carbocycles. The van der Waals surface area contributed by atoms with Gasteiger partial charge < -0.3 is 4.79 Å². The predicted molar refractivity (Wildman–Crippen MR) is 34.9 cm³/mol. The Kier molecular flexibility index (Phi) is 1.55. The Balaban J connectivity index is 2.54. The van der Waals surface area contributed by atoms with E-state index in [-0.39, 0.29) is 5.54 Å². The molecule has 9 heavy (non-hydrogen) atoms. The lowest BCUT2D eigenvalue weighted by molar-refractivity contribution is -0.113. The van der Waals surface area contributed by atoms with Crippen molar-refractivity contribution in [3.8, 4) is 0 Å². The van der Waals surface area contributed by atoms with Crippen molar-refractivity contribution in [1.82, 2.24) is 10.4 Å². The smallest absolute Gasteiger partial charge is 0.141 e. The fourth-order valence-corrected chi connectivity index (χ4v) is 1.03. The van der Waals surface area contributed by atoms with Crippen molar-refractivity contribution >= 4 is 6.29 Å². The van der Waals surface area contributed by atoms with E-state index in [9.17, 15) is 4.79 Å². The van der Waals surface area contributed by atoms with Crippen LogP contribution in [-0.2, 0) is 4.79 Å². The molecule has 1 unspecified atom stereocenters. The summed E-state index contributed by atoms with van der Waals surface area (Å²) in [6.07, 6.45) is 1.88. The molecule has 0 aliphatic carbocycles. The molecule has 52 valence electrons. The Hall–Kier alpha value is -0.410. The molecule has 3 heteroatoms. The third-order valence-electron chi connectivity index (χ3n) is 1.67. The van der Waals surface area contributed by atoms with Crippen molar-refractivity contribution in [3.05, 3.63) is 0 Å². The number of hydrogen-bond donors (Lipinski definition) is 1. The van der Waals surface area contributed by atoms with Crippen molar-refractivity contribution in [2.75, 3.05) is 13.6 Å². The zero-order valence-corrected chi connectivity index (χ0v) is 5.85. The standard InChI is InChI=1S/C6H12N2O/c1-6(5-9)3-4-8(2)7-6/h5,7H,3-4H2,1-2H3. The Morgan fingerprint density at radius 3 is 2.67 bits per heavy atom. The number of hydrazine groups is 1. The van der Waals surface area contributed by atoms with E-state index in [4.69, 9.17) is 0 Å². The van der Waals surface area contributed by atoms with E-state index < -0.39 is 0 Å². The van der Waals surface area contributed by atoms with Crippen molar-refractivity contribution in [2.45, 2.75) is 18.9 Å². The summed E-state index contributed by atoms with van der Waals surface area (Å²) >= 11 is 0. The van der Waals surface area contributed by atoms with Crippen LogP contribution >= 0.6 is 0 Å². The molecule has 1 heterocycles. The SMILES string of the molecule is CN1CCC(C)(C=O)N1. The van der Waals surface area contributed by atoms with Gasteiger partial charge in [0.05, 0.1) is 5.54 Å². The van der Waals surface area contributed by atoms with Crippen LogP contribution in [0.3, 0.4) is 0 Å². The molecular formula is C6H12N2O. The van der Waals surface area contributed by atoms with Crippen LogP contribution in [0.1, 0.15) is 13.3 Å². The van der Waals surface area contributed by atoms with Crippen LogP contribution in [0.2, 0.25) is 0 Å². The maximum absolute atomic E-state index is 10.4. The highest BCUT2D eigenvalue weighted by atomic mass is 16.1. The molecule has 0 amide bonds. The van der Waals surface area contributed by atoms with Gasteiger partial charge >= 0.3 is 0 Å². The normalized spacial score (nSPS) is 37.1. The van der Waals surface area contributed by atoms with E-state index in [1.54, 1.807) is 0 Å². The first-order valence-corrected chi connectivity index (χ1v) is 3.11. The molecular weight excluding hydrogens is 116 g/mol. The first kappa shape index (κ1) is 6.71. The quantitative estimate of drug-likeness (QED) is 0.496. The average molecular weight is 128 g/mol. The molecule has 1 atom stereocenters. The minimum atomic E-state index is -0.297. The second kappa shape index (κ2) is 2.08.